The number of carbonyl (C=O) groups excluding carboxylic acids is 2. The van der Waals surface area contributed by atoms with E-state index in [2.05, 4.69) is 4.98 Å². The Labute approximate surface area is 148 Å². The van der Waals surface area contributed by atoms with Gasteiger partial charge in [0.05, 0.1) is 21.8 Å². The van der Waals surface area contributed by atoms with Gasteiger partial charge in [-0.05, 0) is 24.3 Å². The zero-order chi connectivity index (χ0) is 17.4. The second-order valence-electron chi connectivity index (χ2n) is 5.73. The number of benzene rings is 2. The lowest BCUT2D eigenvalue weighted by molar-refractivity contribution is 0.0656. The van der Waals surface area contributed by atoms with Gasteiger partial charge in [0, 0.05) is 23.9 Å². The highest BCUT2D eigenvalue weighted by atomic mass is 32.1. The number of phenolic OH excluding ortho intramolecular Hbond substituents is 1. The van der Waals surface area contributed by atoms with Gasteiger partial charge in [0.15, 0.2) is 0 Å². The molecule has 2 aromatic carbocycles. The Kier molecular flexibility index (Phi) is 3.82. The molecule has 0 fully saturated rings. The minimum absolute atomic E-state index is 0.193. The summed E-state index contributed by atoms with van der Waals surface area (Å²) in [5, 5.41) is 12.3. The predicted octanol–water partition coefficient (Wildman–Crippen LogP) is 3.35. The summed E-state index contributed by atoms with van der Waals surface area (Å²) in [5.41, 5.74) is 2.54. The largest absolute Gasteiger partial charge is 0.508 e. The van der Waals surface area contributed by atoms with Gasteiger partial charge in [-0.25, -0.2) is 4.98 Å². The number of hydrogen-bond donors (Lipinski definition) is 1. The minimum atomic E-state index is -0.245. The first kappa shape index (κ1) is 15.5. The predicted molar refractivity (Wildman–Crippen MR) is 94.7 cm³/mol. The molecule has 1 N–H and O–H groups in total. The molecule has 0 saturated heterocycles. The van der Waals surface area contributed by atoms with Gasteiger partial charge >= 0.3 is 0 Å². The van der Waals surface area contributed by atoms with E-state index in [0.29, 0.717) is 24.1 Å². The third-order valence-corrected chi connectivity index (χ3v) is 5.03. The molecule has 0 bridgehead atoms. The maximum absolute atomic E-state index is 12.4. The number of thiazole rings is 1. The third-order valence-electron chi connectivity index (χ3n) is 4.12. The molecule has 0 unspecified atom stereocenters. The van der Waals surface area contributed by atoms with E-state index in [1.165, 1.54) is 16.2 Å². The average molecular weight is 350 g/mol. The Morgan fingerprint density at radius 2 is 1.72 bits per heavy atom. The van der Waals surface area contributed by atoms with E-state index in [9.17, 15) is 14.7 Å². The molecule has 1 aromatic heterocycles. The van der Waals surface area contributed by atoms with Crippen molar-refractivity contribution in [3.8, 4) is 17.0 Å². The van der Waals surface area contributed by atoms with E-state index in [0.717, 1.165) is 16.3 Å². The van der Waals surface area contributed by atoms with Gasteiger partial charge in [0.2, 0.25) is 0 Å². The Morgan fingerprint density at radius 3 is 2.40 bits per heavy atom. The maximum Gasteiger partial charge on any atom is 0.261 e. The van der Waals surface area contributed by atoms with Crippen LogP contribution in [0.2, 0.25) is 0 Å². The smallest absolute Gasteiger partial charge is 0.261 e. The molecule has 3 aromatic rings. The van der Waals surface area contributed by atoms with Crippen LogP contribution in [-0.2, 0) is 6.42 Å². The van der Waals surface area contributed by atoms with E-state index in [1.54, 1.807) is 42.5 Å². The molecule has 0 saturated carbocycles. The standard InChI is InChI=1S/C19H14N2O3S/c22-13-5-3-4-12(10-13)16-11-25-17(20-16)8-9-21-18(23)14-6-1-2-7-15(14)19(21)24/h1-7,10-11,22H,8-9H2. The minimum Gasteiger partial charge on any atom is -0.508 e. The molecule has 0 atom stereocenters. The number of aromatic nitrogens is 1. The molecule has 0 radical (unpaired) electrons. The second-order valence-corrected chi connectivity index (χ2v) is 6.68. The van der Waals surface area contributed by atoms with Crippen LogP contribution in [0.1, 0.15) is 25.7 Å². The number of rotatable bonds is 4. The molecule has 0 spiro atoms. The molecule has 25 heavy (non-hydrogen) atoms. The van der Waals surface area contributed by atoms with Gasteiger partial charge in [-0.2, -0.15) is 0 Å². The maximum atomic E-state index is 12.4. The molecule has 1 aliphatic heterocycles. The highest BCUT2D eigenvalue weighted by Crippen LogP contribution is 2.26. The lowest BCUT2D eigenvalue weighted by atomic mass is 10.1. The van der Waals surface area contributed by atoms with Gasteiger partial charge in [0.1, 0.15) is 5.75 Å². The van der Waals surface area contributed by atoms with Crippen molar-refractivity contribution in [2.24, 2.45) is 0 Å². The first-order valence-corrected chi connectivity index (χ1v) is 8.70. The van der Waals surface area contributed by atoms with E-state index in [-0.39, 0.29) is 17.6 Å². The van der Waals surface area contributed by atoms with Crippen molar-refractivity contribution in [3.05, 3.63) is 70.0 Å². The van der Waals surface area contributed by atoms with Crippen LogP contribution in [0.15, 0.2) is 53.9 Å². The van der Waals surface area contributed by atoms with Crippen molar-refractivity contribution in [1.82, 2.24) is 9.88 Å². The Hall–Kier alpha value is -2.99. The van der Waals surface area contributed by atoms with Crippen molar-refractivity contribution in [3.63, 3.8) is 0 Å². The third kappa shape index (κ3) is 2.81. The van der Waals surface area contributed by atoms with Gasteiger partial charge < -0.3 is 5.11 Å². The second kappa shape index (κ2) is 6.14. The molecular weight excluding hydrogens is 336 g/mol. The van der Waals surface area contributed by atoms with Gasteiger partial charge in [0.25, 0.3) is 11.8 Å². The monoisotopic (exact) mass is 350 g/mol. The summed E-state index contributed by atoms with van der Waals surface area (Å²) in [4.78, 5) is 30.5. The van der Waals surface area contributed by atoms with Gasteiger partial charge in [-0.1, -0.05) is 24.3 Å². The van der Waals surface area contributed by atoms with Crippen LogP contribution < -0.4 is 0 Å². The number of fused-ring (bicyclic) bond motifs is 1. The fourth-order valence-electron chi connectivity index (χ4n) is 2.87. The fourth-order valence-corrected chi connectivity index (χ4v) is 3.67. The number of nitrogens with zero attached hydrogens (tertiary/aromatic N) is 2. The van der Waals surface area contributed by atoms with Crippen molar-refractivity contribution in [2.45, 2.75) is 6.42 Å². The normalized spacial score (nSPS) is 13.4. The first-order chi connectivity index (χ1) is 12.1. The van der Waals surface area contributed by atoms with Crippen molar-refractivity contribution >= 4 is 23.2 Å². The van der Waals surface area contributed by atoms with Crippen LogP contribution in [0, 0.1) is 0 Å². The molecule has 5 nitrogen and oxygen atoms in total. The molecule has 124 valence electrons. The van der Waals surface area contributed by atoms with Crippen LogP contribution in [0.5, 0.6) is 5.75 Å². The topological polar surface area (TPSA) is 70.5 Å². The summed E-state index contributed by atoms with van der Waals surface area (Å²) < 4.78 is 0. The molecule has 1 aliphatic rings. The molecular formula is C19H14N2O3S. The highest BCUT2D eigenvalue weighted by Gasteiger charge is 2.34. The van der Waals surface area contributed by atoms with Crippen LogP contribution in [0.25, 0.3) is 11.3 Å². The fraction of sp³-hybridized carbons (Fsp3) is 0.105. The van der Waals surface area contributed by atoms with Crippen LogP contribution in [0.4, 0.5) is 0 Å². The number of carbonyl (C=O) groups is 2. The van der Waals surface area contributed by atoms with Gasteiger partial charge in [-0.3, -0.25) is 14.5 Å². The summed E-state index contributed by atoms with van der Waals surface area (Å²) in [6.45, 7) is 0.305. The zero-order valence-electron chi connectivity index (χ0n) is 13.2. The zero-order valence-corrected chi connectivity index (χ0v) is 14.0. The number of imide groups is 1. The Morgan fingerprint density at radius 1 is 1.00 bits per heavy atom. The summed E-state index contributed by atoms with van der Waals surface area (Å²) in [6.07, 6.45) is 0.509. The quantitative estimate of drug-likeness (QED) is 0.733. The van der Waals surface area contributed by atoms with Crippen LogP contribution >= 0.6 is 11.3 Å². The lowest BCUT2D eigenvalue weighted by Crippen LogP contribution is -2.31. The number of amides is 2. The number of phenols is 1. The molecule has 2 heterocycles. The van der Waals surface area contributed by atoms with Crippen molar-refractivity contribution in [1.29, 1.82) is 0 Å². The van der Waals surface area contributed by atoms with E-state index >= 15 is 0 Å². The van der Waals surface area contributed by atoms with E-state index in [1.807, 2.05) is 11.4 Å². The Balaban J connectivity index is 1.48. The number of aromatic hydroxyl groups is 1. The lowest BCUT2D eigenvalue weighted by Gasteiger charge is -2.12. The molecule has 0 aliphatic carbocycles. The summed E-state index contributed by atoms with van der Waals surface area (Å²) in [6, 6.07) is 13.8. The van der Waals surface area contributed by atoms with Crippen molar-refractivity contribution in [2.75, 3.05) is 6.54 Å². The Bertz CT molecular complexity index is 945. The molecule has 4 rings (SSSR count). The average Bonchev–Trinajstić information content (AvgIpc) is 3.18. The summed E-state index contributed by atoms with van der Waals surface area (Å²) in [5.74, 6) is -0.297. The number of hydrogen-bond acceptors (Lipinski definition) is 5. The summed E-state index contributed by atoms with van der Waals surface area (Å²) in [7, 11) is 0. The summed E-state index contributed by atoms with van der Waals surface area (Å²) >= 11 is 1.48. The van der Waals surface area contributed by atoms with E-state index < -0.39 is 0 Å². The first-order valence-electron chi connectivity index (χ1n) is 7.82. The van der Waals surface area contributed by atoms with Crippen LogP contribution in [-0.4, -0.2) is 33.3 Å². The van der Waals surface area contributed by atoms with Crippen molar-refractivity contribution < 1.29 is 14.7 Å². The molecule has 2 amide bonds. The molecule has 6 heteroatoms. The SMILES string of the molecule is O=C1c2ccccc2C(=O)N1CCc1nc(-c2cccc(O)c2)cs1. The van der Waals surface area contributed by atoms with E-state index in [4.69, 9.17) is 0 Å². The van der Waals surface area contributed by atoms with Crippen LogP contribution in [0.3, 0.4) is 0 Å². The van der Waals surface area contributed by atoms with Gasteiger partial charge in [-0.15, -0.1) is 11.3 Å². The highest BCUT2D eigenvalue weighted by molar-refractivity contribution is 7.09.